The van der Waals surface area contributed by atoms with Crippen molar-refractivity contribution in [2.45, 2.75) is 46.4 Å². The van der Waals surface area contributed by atoms with Gasteiger partial charge in [-0.1, -0.05) is 6.92 Å². The molecule has 1 aliphatic heterocycles. The summed E-state index contributed by atoms with van der Waals surface area (Å²) in [6.45, 7) is 7.89. The van der Waals surface area contributed by atoms with Gasteiger partial charge in [0.25, 0.3) is 0 Å². The molecule has 1 atom stereocenters. The Hall–Kier alpha value is -2.67. The maximum Gasteiger partial charge on any atom is 0.234 e. The highest BCUT2D eigenvalue weighted by Crippen LogP contribution is 2.29. The quantitative estimate of drug-likeness (QED) is 0.824. The van der Waals surface area contributed by atoms with E-state index in [9.17, 15) is 4.79 Å². The molecule has 0 radical (unpaired) electrons. The molecule has 1 aromatic heterocycles. The highest BCUT2D eigenvalue weighted by molar-refractivity contribution is 5.78. The van der Waals surface area contributed by atoms with Crippen LogP contribution in [0.25, 0.3) is 0 Å². The molecule has 1 unspecified atom stereocenters. The Morgan fingerprint density at radius 3 is 2.71 bits per heavy atom. The first-order chi connectivity index (χ1) is 13.5. The van der Waals surface area contributed by atoms with Crippen molar-refractivity contribution in [3.05, 3.63) is 47.0 Å². The molecule has 1 aromatic carbocycles. The molecule has 150 valence electrons. The van der Waals surface area contributed by atoms with E-state index in [1.165, 1.54) is 0 Å². The van der Waals surface area contributed by atoms with E-state index in [-0.39, 0.29) is 12.0 Å². The van der Waals surface area contributed by atoms with E-state index >= 15 is 0 Å². The number of carbonyl (C=O) groups is 1. The van der Waals surface area contributed by atoms with E-state index < -0.39 is 0 Å². The molecule has 0 aliphatic carbocycles. The lowest BCUT2D eigenvalue weighted by Gasteiger charge is -2.22. The first-order valence-electron chi connectivity index (χ1n) is 9.60. The number of rotatable bonds is 6. The third kappa shape index (κ3) is 5.19. The number of fused-ring (bicyclic) bond motifs is 1. The number of methoxy groups -OCH3 is 1. The number of nitrogens with zero attached hydrogens (tertiary/aromatic N) is 3. The summed E-state index contributed by atoms with van der Waals surface area (Å²) in [5, 5.41) is 2.93. The number of nitrogens with one attached hydrogen (secondary N) is 1. The van der Waals surface area contributed by atoms with Crippen LogP contribution < -0.4 is 14.8 Å². The van der Waals surface area contributed by atoms with Crippen molar-refractivity contribution in [1.29, 1.82) is 0 Å². The fourth-order valence-corrected chi connectivity index (χ4v) is 3.38. The number of hydrogen-bond acceptors (Lipinski definition) is 6. The third-order valence-corrected chi connectivity index (χ3v) is 4.71. The van der Waals surface area contributed by atoms with Gasteiger partial charge in [-0.3, -0.25) is 9.69 Å². The van der Waals surface area contributed by atoms with Gasteiger partial charge in [-0.25, -0.2) is 9.97 Å². The normalized spacial score (nSPS) is 16.6. The molecular formula is C21H28N4O3. The number of carbonyl (C=O) groups excluding carboxylic acids is 1. The van der Waals surface area contributed by atoms with Crippen LogP contribution in [0.1, 0.15) is 36.1 Å². The van der Waals surface area contributed by atoms with Gasteiger partial charge in [0.1, 0.15) is 23.4 Å². The van der Waals surface area contributed by atoms with Gasteiger partial charge in [0.2, 0.25) is 5.91 Å². The number of aromatic nitrogens is 2. The van der Waals surface area contributed by atoms with Gasteiger partial charge in [-0.15, -0.1) is 0 Å². The van der Waals surface area contributed by atoms with Crippen LogP contribution in [-0.4, -0.2) is 47.1 Å². The van der Waals surface area contributed by atoms with Crippen LogP contribution in [0.5, 0.6) is 11.5 Å². The number of aryl methyl sites for hydroxylation is 2. The van der Waals surface area contributed by atoms with Crippen molar-refractivity contribution in [3.8, 4) is 11.5 Å². The molecule has 7 nitrogen and oxygen atoms in total. The Bertz CT molecular complexity index is 820. The number of amides is 1. The summed E-state index contributed by atoms with van der Waals surface area (Å²) in [6.07, 6.45) is 0.921. The Morgan fingerprint density at radius 1 is 1.29 bits per heavy atom. The van der Waals surface area contributed by atoms with Gasteiger partial charge in [0.05, 0.1) is 20.2 Å². The van der Waals surface area contributed by atoms with Crippen LogP contribution in [0.3, 0.4) is 0 Å². The molecule has 0 bridgehead atoms. The van der Waals surface area contributed by atoms with Crippen LogP contribution >= 0.6 is 0 Å². The molecule has 0 saturated carbocycles. The second-order valence-electron chi connectivity index (χ2n) is 7.14. The lowest BCUT2D eigenvalue weighted by molar-refractivity contribution is -0.122. The van der Waals surface area contributed by atoms with Gasteiger partial charge in [0.15, 0.2) is 0 Å². The number of benzene rings is 1. The van der Waals surface area contributed by atoms with E-state index in [1.807, 2.05) is 38.1 Å². The van der Waals surface area contributed by atoms with E-state index in [0.29, 0.717) is 32.0 Å². The van der Waals surface area contributed by atoms with Crippen LogP contribution in [0.15, 0.2) is 24.3 Å². The number of hydrogen-bond donors (Lipinski definition) is 1. The van der Waals surface area contributed by atoms with E-state index in [2.05, 4.69) is 27.1 Å². The second-order valence-corrected chi connectivity index (χ2v) is 7.14. The van der Waals surface area contributed by atoms with Gasteiger partial charge in [-0.2, -0.15) is 0 Å². The minimum absolute atomic E-state index is 0.0465. The molecule has 1 N–H and O–H groups in total. The molecule has 2 heterocycles. The van der Waals surface area contributed by atoms with Crippen LogP contribution in [0.2, 0.25) is 0 Å². The van der Waals surface area contributed by atoms with Gasteiger partial charge in [0, 0.05) is 30.0 Å². The lowest BCUT2D eigenvalue weighted by Crippen LogP contribution is -2.40. The van der Waals surface area contributed by atoms with Crippen LogP contribution in [-0.2, 0) is 17.9 Å². The molecule has 3 rings (SSSR count). The zero-order chi connectivity index (χ0) is 20.1. The highest BCUT2D eigenvalue weighted by atomic mass is 16.5. The Balaban J connectivity index is 1.65. The van der Waals surface area contributed by atoms with E-state index in [0.717, 1.165) is 34.9 Å². The maximum atomic E-state index is 12.5. The summed E-state index contributed by atoms with van der Waals surface area (Å²) in [5.41, 5.74) is 2.83. The average molecular weight is 384 g/mol. The molecular weight excluding hydrogens is 356 g/mol. The summed E-state index contributed by atoms with van der Waals surface area (Å²) in [6, 6.07) is 7.73. The number of ether oxygens (including phenoxy) is 2. The molecule has 0 saturated heterocycles. The third-order valence-electron chi connectivity index (χ3n) is 4.71. The topological polar surface area (TPSA) is 76.6 Å². The summed E-state index contributed by atoms with van der Waals surface area (Å²) in [5.74, 6) is 2.23. The molecule has 1 amide bonds. The molecule has 0 spiro atoms. The molecule has 7 heteroatoms. The predicted molar refractivity (Wildman–Crippen MR) is 106 cm³/mol. The summed E-state index contributed by atoms with van der Waals surface area (Å²) < 4.78 is 11.5. The molecule has 2 aromatic rings. The van der Waals surface area contributed by atoms with Crippen LogP contribution in [0, 0.1) is 13.8 Å². The van der Waals surface area contributed by atoms with E-state index in [1.54, 1.807) is 7.11 Å². The van der Waals surface area contributed by atoms with Gasteiger partial charge >= 0.3 is 0 Å². The highest BCUT2D eigenvalue weighted by Gasteiger charge is 2.24. The standard InChI is InChI=1S/C21H28N4O3/c1-5-17-12-25(11-16-9-18(27-4)6-7-19(16)28-17)13-21(26)22-10-20-23-14(2)8-15(3)24-20/h6-9,17H,5,10-13H2,1-4H3,(H,22,26). The molecule has 0 fully saturated rings. The van der Waals surface area contributed by atoms with Crippen molar-refractivity contribution in [2.24, 2.45) is 0 Å². The Kier molecular flexibility index (Phi) is 6.46. The maximum absolute atomic E-state index is 12.5. The van der Waals surface area contributed by atoms with E-state index in [4.69, 9.17) is 9.47 Å². The van der Waals surface area contributed by atoms with Gasteiger partial charge < -0.3 is 14.8 Å². The first-order valence-corrected chi connectivity index (χ1v) is 9.60. The average Bonchev–Trinajstić information content (AvgIpc) is 2.83. The minimum Gasteiger partial charge on any atom is -0.497 e. The smallest absolute Gasteiger partial charge is 0.234 e. The molecule has 1 aliphatic rings. The fourth-order valence-electron chi connectivity index (χ4n) is 3.38. The zero-order valence-electron chi connectivity index (χ0n) is 17.0. The summed E-state index contributed by atoms with van der Waals surface area (Å²) in [4.78, 5) is 23.4. The Labute approximate surface area is 166 Å². The van der Waals surface area contributed by atoms with Crippen molar-refractivity contribution < 1.29 is 14.3 Å². The monoisotopic (exact) mass is 384 g/mol. The van der Waals surface area contributed by atoms with Crippen molar-refractivity contribution >= 4 is 5.91 Å². The zero-order valence-corrected chi connectivity index (χ0v) is 17.0. The first kappa shape index (κ1) is 20.1. The van der Waals surface area contributed by atoms with Gasteiger partial charge in [-0.05, 0) is 44.5 Å². The van der Waals surface area contributed by atoms with Crippen molar-refractivity contribution in [3.63, 3.8) is 0 Å². The summed E-state index contributed by atoms with van der Waals surface area (Å²) >= 11 is 0. The SMILES string of the molecule is CCC1CN(CC(=O)NCc2nc(C)cc(C)n2)Cc2cc(OC)ccc2O1. The predicted octanol–water partition coefficient (Wildman–Crippen LogP) is 2.39. The van der Waals surface area contributed by atoms with Crippen LogP contribution in [0.4, 0.5) is 0 Å². The lowest BCUT2D eigenvalue weighted by atomic mass is 10.2. The second kappa shape index (κ2) is 9.01. The van der Waals surface area contributed by atoms with Crippen molar-refractivity contribution in [1.82, 2.24) is 20.2 Å². The summed E-state index contributed by atoms with van der Waals surface area (Å²) in [7, 11) is 1.65. The fraction of sp³-hybridized carbons (Fsp3) is 0.476. The largest absolute Gasteiger partial charge is 0.497 e. The minimum atomic E-state index is -0.0519. The molecule has 28 heavy (non-hydrogen) atoms. The van der Waals surface area contributed by atoms with Crippen molar-refractivity contribution in [2.75, 3.05) is 20.2 Å². The Morgan fingerprint density at radius 2 is 2.04 bits per heavy atom.